The van der Waals surface area contributed by atoms with Crippen LogP contribution in [-0.2, 0) is 6.42 Å². The van der Waals surface area contributed by atoms with Gasteiger partial charge in [-0.3, -0.25) is 4.79 Å². The second-order valence-corrected chi connectivity index (χ2v) is 6.13. The Labute approximate surface area is 119 Å². The highest BCUT2D eigenvalue weighted by Crippen LogP contribution is 2.37. The van der Waals surface area contributed by atoms with Crippen LogP contribution in [0.1, 0.15) is 48.0 Å². The van der Waals surface area contributed by atoms with Crippen molar-refractivity contribution in [2.75, 3.05) is 26.2 Å². The molecule has 0 atom stereocenters. The summed E-state index contributed by atoms with van der Waals surface area (Å²) in [6.45, 7) is 7.78. The first kappa shape index (κ1) is 13.6. The molecule has 0 radical (unpaired) electrons. The number of piperidine rings is 1. The first-order valence-corrected chi connectivity index (χ1v) is 7.60. The van der Waals surface area contributed by atoms with Crippen LogP contribution < -0.4 is 5.32 Å². The zero-order chi connectivity index (χ0) is 14.2. The minimum absolute atomic E-state index is 0.0985. The van der Waals surface area contributed by atoms with Crippen molar-refractivity contribution in [3.63, 3.8) is 0 Å². The van der Waals surface area contributed by atoms with Gasteiger partial charge in [0.05, 0.1) is 5.69 Å². The van der Waals surface area contributed by atoms with Gasteiger partial charge in [0.1, 0.15) is 11.3 Å². The quantitative estimate of drug-likeness (QED) is 0.895. The van der Waals surface area contributed by atoms with E-state index >= 15 is 0 Å². The van der Waals surface area contributed by atoms with Gasteiger partial charge in [0.25, 0.3) is 5.91 Å². The summed E-state index contributed by atoms with van der Waals surface area (Å²) in [5, 5.41) is 7.44. The highest BCUT2D eigenvalue weighted by atomic mass is 16.5. The van der Waals surface area contributed by atoms with Gasteiger partial charge < -0.3 is 14.7 Å². The number of aromatic nitrogens is 1. The van der Waals surface area contributed by atoms with E-state index < -0.39 is 0 Å². The minimum atomic E-state index is 0.0985. The molecule has 0 unspecified atom stereocenters. The average molecular weight is 277 g/mol. The maximum atomic E-state index is 12.7. The molecule has 5 nitrogen and oxygen atoms in total. The van der Waals surface area contributed by atoms with Crippen LogP contribution in [0.2, 0.25) is 0 Å². The zero-order valence-corrected chi connectivity index (χ0v) is 12.4. The lowest BCUT2D eigenvalue weighted by atomic mass is 9.77. The molecule has 2 aliphatic rings. The van der Waals surface area contributed by atoms with Crippen LogP contribution in [-0.4, -0.2) is 42.1 Å². The first-order valence-electron chi connectivity index (χ1n) is 7.60. The third kappa shape index (κ3) is 2.24. The van der Waals surface area contributed by atoms with E-state index in [-0.39, 0.29) is 5.91 Å². The van der Waals surface area contributed by atoms with Gasteiger partial charge in [0.2, 0.25) is 0 Å². The van der Waals surface area contributed by atoms with Gasteiger partial charge in [-0.15, -0.1) is 0 Å². The Morgan fingerprint density at radius 1 is 1.40 bits per heavy atom. The van der Waals surface area contributed by atoms with Gasteiger partial charge in [-0.05, 0) is 44.6 Å². The van der Waals surface area contributed by atoms with Crippen molar-refractivity contribution in [3.8, 4) is 0 Å². The van der Waals surface area contributed by atoms with Gasteiger partial charge in [-0.25, -0.2) is 0 Å². The molecule has 1 amide bonds. The van der Waals surface area contributed by atoms with E-state index in [2.05, 4.69) is 10.5 Å². The van der Waals surface area contributed by atoms with Crippen molar-refractivity contribution in [2.45, 2.75) is 39.5 Å². The van der Waals surface area contributed by atoms with Gasteiger partial charge in [-0.1, -0.05) is 12.1 Å². The van der Waals surface area contributed by atoms with Crippen molar-refractivity contribution in [1.82, 2.24) is 15.4 Å². The van der Waals surface area contributed by atoms with E-state index in [1.165, 1.54) is 6.42 Å². The van der Waals surface area contributed by atoms with E-state index in [1.807, 2.05) is 18.7 Å². The number of aryl methyl sites for hydroxylation is 2. The molecule has 5 heteroatoms. The summed E-state index contributed by atoms with van der Waals surface area (Å²) in [6, 6.07) is 0. The largest absolute Gasteiger partial charge is 0.361 e. The number of carbonyl (C=O) groups excluding carboxylic acids is 1. The van der Waals surface area contributed by atoms with Crippen molar-refractivity contribution in [2.24, 2.45) is 5.41 Å². The van der Waals surface area contributed by atoms with Crippen LogP contribution in [0, 0.1) is 12.3 Å². The molecular formula is C15H23N3O2. The molecule has 3 heterocycles. The summed E-state index contributed by atoms with van der Waals surface area (Å²) in [7, 11) is 0. The SMILES string of the molecule is CCc1noc(C)c1C(=O)N1CCC2(CCNC2)CC1. The van der Waals surface area contributed by atoms with Crippen LogP contribution in [0.3, 0.4) is 0 Å². The molecule has 110 valence electrons. The van der Waals surface area contributed by atoms with Crippen molar-refractivity contribution in [3.05, 3.63) is 17.0 Å². The van der Waals surface area contributed by atoms with E-state index in [9.17, 15) is 4.79 Å². The summed E-state index contributed by atoms with van der Waals surface area (Å²) in [5.74, 6) is 0.746. The smallest absolute Gasteiger partial charge is 0.259 e. The second-order valence-electron chi connectivity index (χ2n) is 6.13. The molecule has 1 aromatic rings. The maximum absolute atomic E-state index is 12.7. The Hall–Kier alpha value is -1.36. The predicted octanol–water partition coefficient (Wildman–Crippen LogP) is 1.76. The second kappa shape index (κ2) is 5.20. The molecule has 1 spiro atoms. The van der Waals surface area contributed by atoms with Gasteiger partial charge >= 0.3 is 0 Å². The molecule has 2 aliphatic heterocycles. The topological polar surface area (TPSA) is 58.4 Å². The lowest BCUT2D eigenvalue weighted by Crippen LogP contribution is -2.44. The summed E-state index contributed by atoms with van der Waals surface area (Å²) in [6.07, 6.45) is 4.21. The number of nitrogens with one attached hydrogen (secondary N) is 1. The van der Waals surface area contributed by atoms with Crippen molar-refractivity contribution < 1.29 is 9.32 Å². The molecule has 0 aliphatic carbocycles. The highest BCUT2D eigenvalue weighted by molar-refractivity contribution is 5.96. The number of hydrogen-bond acceptors (Lipinski definition) is 4. The molecule has 1 N–H and O–H groups in total. The summed E-state index contributed by atoms with van der Waals surface area (Å²) < 4.78 is 5.18. The minimum Gasteiger partial charge on any atom is -0.361 e. The van der Waals surface area contributed by atoms with Crippen molar-refractivity contribution in [1.29, 1.82) is 0 Å². The third-order valence-electron chi connectivity index (χ3n) is 4.93. The zero-order valence-electron chi connectivity index (χ0n) is 12.4. The molecule has 0 aromatic carbocycles. The molecular weight excluding hydrogens is 254 g/mol. The Bertz CT molecular complexity index is 493. The first-order chi connectivity index (χ1) is 9.65. The van der Waals surface area contributed by atoms with Crippen LogP contribution in [0.4, 0.5) is 0 Å². The average Bonchev–Trinajstić information content (AvgIpc) is 3.06. The number of hydrogen-bond donors (Lipinski definition) is 1. The molecule has 0 saturated carbocycles. The van der Waals surface area contributed by atoms with Crippen LogP contribution in [0.25, 0.3) is 0 Å². The third-order valence-corrected chi connectivity index (χ3v) is 4.93. The molecule has 1 aromatic heterocycles. The molecule has 2 saturated heterocycles. The standard InChI is InChI=1S/C15H23N3O2/c1-3-12-13(11(2)20-17-12)14(19)18-8-5-15(6-9-18)4-7-16-10-15/h16H,3-10H2,1-2H3. The van der Waals surface area contributed by atoms with Gasteiger partial charge in [0, 0.05) is 19.6 Å². The fraction of sp³-hybridized carbons (Fsp3) is 0.733. The van der Waals surface area contributed by atoms with E-state index in [4.69, 9.17) is 4.52 Å². The maximum Gasteiger partial charge on any atom is 0.259 e. The molecule has 3 rings (SSSR count). The van der Waals surface area contributed by atoms with Gasteiger partial charge in [0.15, 0.2) is 0 Å². The van der Waals surface area contributed by atoms with E-state index in [1.54, 1.807) is 0 Å². The fourth-order valence-corrected chi connectivity index (χ4v) is 3.50. The normalized spacial score (nSPS) is 21.6. The van der Waals surface area contributed by atoms with Crippen LogP contribution in [0.15, 0.2) is 4.52 Å². The number of likely N-dealkylation sites (tertiary alicyclic amines) is 1. The molecule has 20 heavy (non-hydrogen) atoms. The van der Waals surface area contributed by atoms with Gasteiger partial charge in [-0.2, -0.15) is 0 Å². The van der Waals surface area contributed by atoms with Crippen LogP contribution in [0.5, 0.6) is 0 Å². The summed E-state index contributed by atoms with van der Waals surface area (Å²) >= 11 is 0. The summed E-state index contributed by atoms with van der Waals surface area (Å²) in [4.78, 5) is 14.6. The Morgan fingerprint density at radius 2 is 2.15 bits per heavy atom. The van der Waals surface area contributed by atoms with Crippen molar-refractivity contribution >= 4 is 5.91 Å². The summed E-state index contributed by atoms with van der Waals surface area (Å²) in [5.41, 5.74) is 1.91. The number of carbonyl (C=O) groups is 1. The Balaban J connectivity index is 1.71. The highest BCUT2D eigenvalue weighted by Gasteiger charge is 2.38. The monoisotopic (exact) mass is 277 g/mol. The Kier molecular flexibility index (Phi) is 3.54. The molecule has 2 fully saturated rings. The fourth-order valence-electron chi connectivity index (χ4n) is 3.50. The Morgan fingerprint density at radius 3 is 2.75 bits per heavy atom. The number of amides is 1. The predicted molar refractivity (Wildman–Crippen MR) is 75.7 cm³/mol. The van der Waals surface area contributed by atoms with E-state index in [0.29, 0.717) is 16.7 Å². The molecule has 0 bridgehead atoms. The van der Waals surface area contributed by atoms with E-state index in [0.717, 1.165) is 51.1 Å². The number of rotatable bonds is 2. The van der Waals surface area contributed by atoms with Crippen LogP contribution >= 0.6 is 0 Å². The lowest BCUT2D eigenvalue weighted by Gasteiger charge is -2.38. The number of nitrogens with zero attached hydrogens (tertiary/aromatic N) is 2. The lowest BCUT2D eigenvalue weighted by molar-refractivity contribution is 0.0605.